The van der Waals surface area contributed by atoms with Crippen LogP contribution in [0.4, 0.5) is 5.95 Å². The van der Waals surface area contributed by atoms with Crippen molar-refractivity contribution in [2.75, 3.05) is 27.1 Å². The van der Waals surface area contributed by atoms with Gasteiger partial charge < -0.3 is 24.5 Å². The van der Waals surface area contributed by atoms with Crippen LogP contribution in [0.5, 0.6) is 17.2 Å². The largest absolute Gasteiger partial charge is 0.493 e. The summed E-state index contributed by atoms with van der Waals surface area (Å²) in [5.74, 6) is 1.33. The number of nitrogens with zero attached hydrogens (tertiary/aromatic N) is 5. The number of benzene rings is 1. The molecule has 0 aliphatic rings. The summed E-state index contributed by atoms with van der Waals surface area (Å²) in [5.41, 5.74) is 7.04. The zero-order chi connectivity index (χ0) is 23.7. The molecular formula is C21H22BrClN6O4. The predicted octanol–water partition coefficient (Wildman–Crippen LogP) is 3.17. The Kier molecular flexibility index (Phi) is 6.52. The first-order chi connectivity index (χ1) is 15.9. The maximum Gasteiger partial charge on any atom is 0.330 e. The van der Waals surface area contributed by atoms with Gasteiger partial charge in [0, 0.05) is 25.5 Å². The predicted molar refractivity (Wildman–Crippen MR) is 129 cm³/mol. The van der Waals surface area contributed by atoms with Gasteiger partial charge in [-0.3, -0.25) is 9.13 Å². The van der Waals surface area contributed by atoms with Crippen LogP contribution in [0.25, 0.3) is 11.2 Å². The Bertz CT molecular complexity index is 1370. The van der Waals surface area contributed by atoms with Crippen LogP contribution in [0.1, 0.15) is 5.56 Å². The number of aromatic nitrogens is 5. The van der Waals surface area contributed by atoms with E-state index in [-0.39, 0.29) is 23.3 Å². The zero-order valence-corrected chi connectivity index (χ0v) is 20.6. The summed E-state index contributed by atoms with van der Waals surface area (Å²) in [6.45, 7) is 1.09. The fourth-order valence-electron chi connectivity index (χ4n) is 3.73. The van der Waals surface area contributed by atoms with Crippen LogP contribution < -0.4 is 25.6 Å². The number of aryl methyl sites for hydroxylation is 2. The van der Waals surface area contributed by atoms with E-state index in [1.54, 1.807) is 10.6 Å². The van der Waals surface area contributed by atoms with Gasteiger partial charge in [-0.1, -0.05) is 11.6 Å². The molecule has 1 aromatic carbocycles. The minimum absolute atomic E-state index is 0.0206. The molecule has 0 saturated heterocycles. The SMILES string of the molecule is COc1cc(Cn2c(=O)n(CCn3cccc3)c3c(Cl)nc(N)nc32)c(Br)c(OC)c1OC. The highest BCUT2D eigenvalue weighted by Gasteiger charge is 2.23. The number of hydrogen-bond donors (Lipinski definition) is 1. The lowest BCUT2D eigenvalue weighted by atomic mass is 10.1. The Morgan fingerprint density at radius 1 is 1.03 bits per heavy atom. The second-order valence-corrected chi connectivity index (χ2v) is 8.26. The summed E-state index contributed by atoms with van der Waals surface area (Å²) < 4.78 is 22.1. The molecule has 0 aliphatic heterocycles. The van der Waals surface area contributed by atoms with Crippen molar-refractivity contribution in [2.45, 2.75) is 19.6 Å². The minimum Gasteiger partial charge on any atom is -0.493 e. The van der Waals surface area contributed by atoms with Gasteiger partial charge in [-0.15, -0.1) is 0 Å². The van der Waals surface area contributed by atoms with Crippen LogP contribution in [-0.4, -0.2) is 45.0 Å². The Labute approximate surface area is 202 Å². The normalized spacial score (nSPS) is 11.2. The average molecular weight is 538 g/mol. The summed E-state index contributed by atoms with van der Waals surface area (Å²) >= 11 is 9.97. The number of imidazole rings is 1. The highest BCUT2D eigenvalue weighted by Crippen LogP contribution is 2.45. The van der Waals surface area contributed by atoms with Gasteiger partial charge in [0.2, 0.25) is 11.7 Å². The van der Waals surface area contributed by atoms with E-state index in [1.165, 1.54) is 25.9 Å². The van der Waals surface area contributed by atoms with Gasteiger partial charge in [-0.25, -0.2) is 4.79 Å². The molecule has 0 saturated carbocycles. The summed E-state index contributed by atoms with van der Waals surface area (Å²) in [5, 5.41) is 0.116. The van der Waals surface area contributed by atoms with E-state index in [0.717, 1.165) is 0 Å². The molecule has 0 unspecified atom stereocenters. The third-order valence-corrected chi connectivity index (χ3v) is 6.38. The van der Waals surface area contributed by atoms with E-state index in [1.807, 2.05) is 29.1 Å². The van der Waals surface area contributed by atoms with E-state index in [0.29, 0.717) is 51.5 Å². The molecule has 12 heteroatoms. The topological polar surface area (TPSA) is 111 Å². The van der Waals surface area contributed by atoms with Crippen molar-refractivity contribution in [1.29, 1.82) is 0 Å². The Hall–Kier alpha value is -3.18. The van der Waals surface area contributed by atoms with Gasteiger partial charge >= 0.3 is 5.69 Å². The van der Waals surface area contributed by atoms with Crippen LogP contribution in [-0.2, 0) is 19.6 Å². The lowest BCUT2D eigenvalue weighted by Gasteiger charge is -2.17. The van der Waals surface area contributed by atoms with Crippen molar-refractivity contribution in [3.8, 4) is 17.2 Å². The molecule has 0 spiro atoms. The number of methoxy groups -OCH3 is 3. The van der Waals surface area contributed by atoms with Crippen molar-refractivity contribution < 1.29 is 14.2 Å². The second-order valence-electron chi connectivity index (χ2n) is 7.10. The Morgan fingerprint density at radius 2 is 1.73 bits per heavy atom. The third-order valence-electron chi connectivity index (χ3n) is 5.25. The monoisotopic (exact) mass is 536 g/mol. The number of nitrogen functional groups attached to an aromatic ring is 1. The molecule has 33 heavy (non-hydrogen) atoms. The minimum atomic E-state index is -0.292. The summed E-state index contributed by atoms with van der Waals surface area (Å²) in [6.07, 6.45) is 3.85. The van der Waals surface area contributed by atoms with Gasteiger partial charge in [0.25, 0.3) is 0 Å². The molecule has 0 atom stereocenters. The first-order valence-corrected chi connectivity index (χ1v) is 11.1. The van der Waals surface area contributed by atoms with Crippen molar-refractivity contribution in [3.05, 3.63) is 56.3 Å². The first-order valence-electron chi connectivity index (χ1n) is 9.89. The number of hydrogen-bond acceptors (Lipinski definition) is 7. The fraction of sp³-hybridized carbons (Fsp3) is 0.286. The van der Waals surface area contributed by atoms with E-state index in [2.05, 4.69) is 25.9 Å². The lowest BCUT2D eigenvalue weighted by Crippen LogP contribution is -2.26. The molecule has 0 radical (unpaired) electrons. The van der Waals surface area contributed by atoms with Crippen molar-refractivity contribution >= 4 is 44.6 Å². The molecule has 3 heterocycles. The van der Waals surface area contributed by atoms with E-state index < -0.39 is 0 Å². The molecule has 0 aliphatic carbocycles. The van der Waals surface area contributed by atoms with E-state index >= 15 is 0 Å². The zero-order valence-electron chi connectivity index (χ0n) is 18.2. The second kappa shape index (κ2) is 9.36. The van der Waals surface area contributed by atoms with Gasteiger partial charge in [-0.05, 0) is 39.7 Å². The molecule has 174 valence electrons. The molecule has 2 N–H and O–H groups in total. The molecule has 4 aromatic rings. The smallest absolute Gasteiger partial charge is 0.330 e. The van der Waals surface area contributed by atoms with Crippen LogP contribution in [0.3, 0.4) is 0 Å². The van der Waals surface area contributed by atoms with Gasteiger partial charge in [0.05, 0.1) is 32.3 Å². The van der Waals surface area contributed by atoms with Gasteiger partial charge in [0.15, 0.2) is 22.3 Å². The fourth-order valence-corrected chi connectivity index (χ4v) is 4.58. The summed E-state index contributed by atoms with van der Waals surface area (Å²) in [6, 6.07) is 5.61. The van der Waals surface area contributed by atoms with Crippen molar-refractivity contribution in [2.24, 2.45) is 0 Å². The Morgan fingerprint density at radius 3 is 2.36 bits per heavy atom. The maximum atomic E-state index is 13.5. The number of halogens is 2. The standard InChI is InChI=1S/C21H22BrClN6O4/c1-31-13-10-12(14(22)17(33-3)16(13)32-2)11-29-19-15(18(23)25-20(24)26-19)28(21(29)30)9-8-27-6-4-5-7-27/h4-7,10H,8-9,11H2,1-3H3,(H2,24,25,26). The average Bonchev–Trinajstić information content (AvgIpc) is 3.40. The molecular weight excluding hydrogens is 516 g/mol. The molecule has 0 fully saturated rings. The molecule has 0 bridgehead atoms. The van der Waals surface area contributed by atoms with Gasteiger partial charge in [-0.2, -0.15) is 9.97 Å². The molecule has 3 aromatic heterocycles. The van der Waals surface area contributed by atoms with Crippen LogP contribution in [0.2, 0.25) is 5.15 Å². The van der Waals surface area contributed by atoms with Crippen LogP contribution in [0.15, 0.2) is 39.9 Å². The third kappa shape index (κ3) is 4.13. The van der Waals surface area contributed by atoms with Crippen molar-refractivity contribution in [3.63, 3.8) is 0 Å². The van der Waals surface area contributed by atoms with E-state index in [9.17, 15) is 4.79 Å². The molecule has 10 nitrogen and oxygen atoms in total. The highest BCUT2D eigenvalue weighted by molar-refractivity contribution is 9.10. The number of nitrogens with two attached hydrogens (primary N) is 1. The van der Waals surface area contributed by atoms with Crippen molar-refractivity contribution in [1.82, 2.24) is 23.7 Å². The summed E-state index contributed by atoms with van der Waals surface area (Å²) in [7, 11) is 4.58. The number of fused-ring (bicyclic) bond motifs is 1. The molecule has 0 amide bonds. The lowest BCUT2D eigenvalue weighted by molar-refractivity contribution is 0.322. The number of anilines is 1. The van der Waals surface area contributed by atoms with Crippen LogP contribution >= 0.6 is 27.5 Å². The number of rotatable bonds is 8. The molecule has 4 rings (SSSR count). The summed E-state index contributed by atoms with van der Waals surface area (Å²) in [4.78, 5) is 21.9. The Balaban J connectivity index is 1.87. The van der Waals surface area contributed by atoms with E-state index in [4.69, 9.17) is 31.5 Å². The number of ether oxygens (including phenoxy) is 3. The quantitative estimate of drug-likeness (QED) is 0.344. The van der Waals surface area contributed by atoms with Gasteiger partial charge in [0.1, 0.15) is 5.52 Å². The van der Waals surface area contributed by atoms with Crippen LogP contribution in [0, 0.1) is 0 Å². The maximum absolute atomic E-state index is 13.5. The first kappa shape index (κ1) is 23.0. The highest BCUT2D eigenvalue weighted by atomic mass is 79.9.